The SMILES string of the molecule is CCCN(CC(=O)OCC)c1cc(=O)[nH]cn1. The van der Waals surface area contributed by atoms with Crippen LogP contribution in [-0.4, -0.2) is 35.6 Å². The van der Waals surface area contributed by atoms with Gasteiger partial charge in [-0.1, -0.05) is 6.92 Å². The smallest absolute Gasteiger partial charge is 0.325 e. The molecule has 0 aromatic carbocycles. The highest BCUT2D eigenvalue weighted by molar-refractivity contribution is 5.75. The fourth-order valence-electron chi connectivity index (χ4n) is 1.44. The first-order valence-electron chi connectivity index (χ1n) is 5.62. The minimum atomic E-state index is -0.317. The van der Waals surface area contributed by atoms with E-state index in [0.29, 0.717) is 19.0 Å². The summed E-state index contributed by atoms with van der Waals surface area (Å²) in [6.07, 6.45) is 2.18. The number of hydrogen-bond acceptors (Lipinski definition) is 5. The lowest BCUT2D eigenvalue weighted by atomic mass is 10.4. The topological polar surface area (TPSA) is 75.3 Å². The van der Waals surface area contributed by atoms with Crippen molar-refractivity contribution < 1.29 is 9.53 Å². The zero-order chi connectivity index (χ0) is 12.7. The fraction of sp³-hybridized carbons (Fsp3) is 0.545. The monoisotopic (exact) mass is 239 g/mol. The number of aromatic amines is 1. The Morgan fingerprint density at radius 2 is 2.29 bits per heavy atom. The lowest BCUT2D eigenvalue weighted by Crippen LogP contribution is -2.33. The molecule has 0 aliphatic carbocycles. The molecule has 0 atom stereocenters. The Labute approximate surface area is 99.6 Å². The molecule has 1 heterocycles. The van der Waals surface area contributed by atoms with Crippen molar-refractivity contribution in [3.63, 3.8) is 0 Å². The van der Waals surface area contributed by atoms with Crippen LogP contribution in [0.2, 0.25) is 0 Å². The maximum atomic E-state index is 11.4. The second-order valence-corrected chi connectivity index (χ2v) is 3.50. The maximum absolute atomic E-state index is 11.4. The average molecular weight is 239 g/mol. The molecule has 17 heavy (non-hydrogen) atoms. The Bertz CT molecular complexity index is 416. The molecule has 6 heteroatoms. The van der Waals surface area contributed by atoms with Crippen molar-refractivity contribution in [3.8, 4) is 0 Å². The van der Waals surface area contributed by atoms with Crippen molar-refractivity contribution in [3.05, 3.63) is 22.7 Å². The lowest BCUT2D eigenvalue weighted by Gasteiger charge is -2.21. The molecule has 0 unspecified atom stereocenters. The van der Waals surface area contributed by atoms with E-state index in [4.69, 9.17) is 4.74 Å². The van der Waals surface area contributed by atoms with Gasteiger partial charge in [-0.05, 0) is 13.3 Å². The second-order valence-electron chi connectivity index (χ2n) is 3.50. The molecule has 1 aromatic rings. The Morgan fingerprint density at radius 3 is 2.88 bits per heavy atom. The van der Waals surface area contributed by atoms with E-state index in [9.17, 15) is 9.59 Å². The summed E-state index contributed by atoms with van der Waals surface area (Å²) >= 11 is 0. The summed E-state index contributed by atoms with van der Waals surface area (Å²) in [4.78, 5) is 30.8. The number of ether oxygens (including phenoxy) is 1. The van der Waals surface area contributed by atoms with E-state index in [0.717, 1.165) is 6.42 Å². The summed E-state index contributed by atoms with van der Waals surface area (Å²) in [5, 5.41) is 0. The second kappa shape index (κ2) is 6.67. The van der Waals surface area contributed by atoms with Gasteiger partial charge in [-0.2, -0.15) is 0 Å². The molecular weight excluding hydrogens is 222 g/mol. The van der Waals surface area contributed by atoms with Crippen LogP contribution in [0.5, 0.6) is 0 Å². The van der Waals surface area contributed by atoms with Gasteiger partial charge in [0.25, 0.3) is 5.56 Å². The van der Waals surface area contributed by atoms with Crippen molar-refractivity contribution in [1.29, 1.82) is 0 Å². The minimum absolute atomic E-state index is 0.109. The molecule has 0 aliphatic rings. The number of carbonyl (C=O) groups excluding carboxylic acids is 1. The Kier molecular flexibility index (Phi) is 5.19. The first kappa shape index (κ1) is 13.2. The first-order chi connectivity index (χ1) is 8.17. The van der Waals surface area contributed by atoms with Gasteiger partial charge in [0.1, 0.15) is 12.4 Å². The molecule has 0 aliphatic heterocycles. The lowest BCUT2D eigenvalue weighted by molar-refractivity contribution is -0.141. The van der Waals surface area contributed by atoms with Crippen LogP contribution in [0.1, 0.15) is 20.3 Å². The van der Waals surface area contributed by atoms with Gasteiger partial charge in [0.05, 0.1) is 12.9 Å². The highest BCUT2D eigenvalue weighted by Crippen LogP contribution is 2.07. The predicted octanol–water partition coefficient (Wildman–Crippen LogP) is 0.549. The molecule has 0 amide bonds. The van der Waals surface area contributed by atoms with Gasteiger partial charge in [0.2, 0.25) is 0 Å². The first-order valence-corrected chi connectivity index (χ1v) is 5.62. The number of rotatable bonds is 6. The fourth-order valence-corrected chi connectivity index (χ4v) is 1.44. The molecule has 0 spiro atoms. The standard InChI is InChI=1S/C11H17N3O3/c1-3-5-14(7-11(16)17-4-2)9-6-10(15)13-8-12-9/h6,8H,3-5,7H2,1-2H3,(H,12,13,15). The Morgan fingerprint density at radius 1 is 1.53 bits per heavy atom. The van der Waals surface area contributed by atoms with E-state index < -0.39 is 0 Å². The Balaban J connectivity index is 2.78. The van der Waals surface area contributed by atoms with Gasteiger partial charge in [-0.3, -0.25) is 9.59 Å². The van der Waals surface area contributed by atoms with Gasteiger partial charge in [-0.25, -0.2) is 4.98 Å². The van der Waals surface area contributed by atoms with Crippen LogP contribution in [0.15, 0.2) is 17.2 Å². The number of aromatic nitrogens is 2. The summed E-state index contributed by atoms with van der Waals surface area (Å²) < 4.78 is 4.88. The third-order valence-corrected chi connectivity index (χ3v) is 2.11. The number of anilines is 1. The molecule has 0 saturated heterocycles. The highest BCUT2D eigenvalue weighted by atomic mass is 16.5. The van der Waals surface area contributed by atoms with E-state index in [-0.39, 0.29) is 18.1 Å². The van der Waals surface area contributed by atoms with E-state index in [1.807, 2.05) is 6.92 Å². The summed E-state index contributed by atoms with van der Waals surface area (Å²) in [6, 6.07) is 1.37. The number of nitrogens with zero attached hydrogens (tertiary/aromatic N) is 2. The summed E-state index contributed by atoms with van der Waals surface area (Å²) in [6.45, 7) is 4.86. The van der Waals surface area contributed by atoms with Gasteiger partial charge in [-0.15, -0.1) is 0 Å². The Hall–Kier alpha value is -1.85. The predicted molar refractivity (Wildman–Crippen MR) is 64.0 cm³/mol. The van der Waals surface area contributed by atoms with E-state index >= 15 is 0 Å². The number of H-pyrrole nitrogens is 1. The van der Waals surface area contributed by atoms with E-state index in [2.05, 4.69) is 9.97 Å². The molecule has 0 bridgehead atoms. The van der Waals surface area contributed by atoms with Crippen LogP contribution in [0, 0.1) is 0 Å². The highest BCUT2D eigenvalue weighted by Gasteiger charge is 2.12. The molecule has 6 nitrogen and oxygen atoms in total. The van der Waals surface area contributed by atoms with Crippen LogP contribution in [0.3, 0.4) is 0 Å². The molecule has 1 N–H and O–H groups in total. The van der Waals surface area contributed by atoms with Crippen molar-refractivity contribution >= 4 is 11.8 Å². The summed E-state index contributed by atoms with van der Waals surface area (Å²) in [5.74, 6) is 0.173. The van der Waals surface area contributed by atoms with Gasteiger partial charge >= 0.3 is 5.97 Å². The van der Waals surface area contributed by atoms with Crippen molar-refractivity contribution in [2.75, 3.05) is 24.6 Å². The molecule has 1 rings (SSSR count). The van der Waals surface area contributed by atoms with Crippen LogP contribution in [0.25, 0.3) is 0 Å². The number of hydrogen-bond donors (Lipinski definition) is 1. The molecule has 0 radical (unpaired) electrons. The summed E-state index contributed by atoms with van der Waals surface area (Å²) in [5.41, 5.74) is -0.236. The quantitative estimate of drug-likeness (QED) is 0.734. The third-order valence-electron chi connectivity index (χ3n) is 2.11. The molecule has 1 aromatic heterocycles. The molecule has 94 valence electrons. The minimum Gasteiger partial charge on any atom is -0.465 e. The normalized spacial score (nSPS) is 10.0. The number of carbonyl (C=O) groups is 1. The van der Waals surface area contributed by atoms with Crippen LogP contribution in [0.4, 0.5) is 5.82 Å². The van der Waals surface area contributed by atoms with E-state index in [1.165, 1.54) is 12.4 Å². The summed E-state index contributed by atoms with van der Waals surface area (Å²) in [7, 11) is 0. The zero-order valence-electron chi connectivity index (χ0n) is 10.1. The van der Waals surface area contributed by atoms with E-state index in [1.54, 1.807) is 11.8 Å². The molecule has 0 fully saturated rings. The van der Waals surface area contributed by atoms with Crippen molar-refractivity contribution in [2.24, 2.45) is 0 Å². The number of esters is 1. The van der Waals surface area contributed by atoms with Gasteiger partial charge in [0, 0.05) is 12.6 Å². The van der Waals surface area contributed by atoms with Crippen LogP contribution < -0.4 is 10.5 Å². The van der Waals surface area contributed by atoms with Crippen molar-refractivity contribution in [2.45, 2.75) is 20.3 Å². The van der Waals surface area contributed by atoms with Gasteiger partial charge in [0.15, 0.2) is 0 Å². The molecular formula is C11H17N3O3. The van der Waals surface area contributed by atoms with Crippen LogP contribution >= 0.6 is 0 Å². The zero-order valence-corrected chi connectivity index (χ0v) is 10.1. The van der Waals surface area contributed by atoms with Gasteiger partial charge < -0.3 is 14.6 Å². The van der Waals surface area contributed by atoms with Crippen molar-refractivity contribution in [1.82, 2.24) is 9.97 Å². The van der Waals surface area contributed by atoms with Crippen LogP contribution in [-0.2, 0) is 9.53 Å². The largest absolute Gasteiger partial charge is 0.465 e. The average Bonchev–Trinajstić information content (AvgIpc) is 2.29. The number of nitrogens with one attached hydrogen (secondary N) is 1. The maximum Gasteiger partial charge on any atom is 0.325 e. The molecule has 0 saturated carbocycles. The third kappa shape index (κ3) is 4.26.